The van der Waals surface area contributed by atoms with Gasteiger partial charge in [0.15, 0.2) is 0 Å². The number of hydrogen-bond acceptors (Lipinski definition) is 3. The van der Waals surface area contributed by atoms with Crippen LogP contribution in [0, 0.1) is 0 Å². The van der Waals surface area contributed by atoms with Gasteiger partial charge in [0.05, 0.1) is 0 Å². The van der Waals surface area contributed by atoms with Gasteiger partial charge in [-0.05, 0) is 30.3 Å². The smallest absolute Gasteiger partial charge is 0.250 e. The van der Waals surface area contributed by atoms with Crippen molar-refractivity contribution in [1.82, 2.24) is 9.88 Å². The van der Waals surface area contributed by atoms with Crippen LogP contribution in [0.5, 0.6) is 0 Å². The number of amides is 1. The molecule has 0 saturated heterocycles. The molecule has 118 valence electrons. The Morgan fingerprint density at radius 2 is 2.00 bits per heavy atom. The highest BCUT2D eigenvalue weighted by Gasteiger charge is 2.05. The highest BCUT2D eigenvalue weighted by molar-refractivity contribution is 5.90. The van der Waals surface area contributed by atoms with Crippen LogP contribution in [0.4, 0.5) is 5.69 Å². The van der Waals surface area contributed by atoms with E-state index in [1.165, 1.54) is 10.6 Å². The molecule has 0 atom stereocenters. The quantitative estimate of drug-likeness (QED) is 0.855. The fourth-order valence-electron chi connectivity index (χ4n) is 1.97. The van der Waals surface area contributed by atoms with Gasteiger partial charge in [0.2, 0.25) is 5.91 Å². The van der Waals surface area contributed by atoms with Gasteiger partial charge < -0.3 is 15.2 Å². The standard InChI is InChI=1S/C16H19N3O2.ClH/c1-2-17-11-13-6-5-7-14(10-13)18-15(20)12-19-9-4-3-8-16(19)21;/h3-10,17H,2,11-12H2,1H3,(H,18,20);1H. The number of anilines is 1. The summed E-state index contributed by atoms with van der Waals surface area (Å²) in [4.78, 5) is 23.5. The fraction of sp³-hybridized carbons (Fsp3) is 0.250. The molecule has 0 bridgehead atoms. The number of nitrogens with zero attached hydrogens (tertiary/aromatic N) is 1. The number of carbonyl (C=O) groups is 1. The molecular formula is C16H20ClN3O2. The minimum atomic E-state index is -0.219. The van der Waals surface area contributed by atoms with Crippen molar-refractivity contribution in [1.29, 1.82) is 0 Å². The zero-order valence-electron chi connectivity index (χ0n) is 12.4. The first kappa shape index (κ1) is 17.9. The summed E-state index contributed by atoms with van der Waals surface area (Å²) < 4.78 is 1.37. The van der Waals surface area contributed by atoms with Gasteiger partial charge in [0.25, 0.3) is 5.56 Å². The van der Waals surface area contributed by atoms with Crippen LogP contribution in [0.25, 0.3) is 0 Å². The predicted octanol–water partition coefficient (Wildman–Crippen LogP) is 2.02. The molecule has 1 aromatic heterocycles. The van der Waals surface area contributed by atoms with Gasteiger partial charge in [-0.3, -0.25) is 9.59 Å². The number of rotatable bonds is 6. The summed E-state index contributed by atoms with van der Waals surface area (Å²) >= 11 is 0. The van der Waals surface area contributed by atoms with E-state index in [1.54, 1.807) is 18.3 Å². The first-order chi connectivity index (χ1) is 10.2. The second kappa shape index (κ2) is 9.02. The van der Waals surface area contributed by atoms with E-state index < -0.39 is 0 Å². The second-order valence-electron chi connectivity index (χ2n) is 4.70. The summed E-state index contributed by atoms with van der Waals surface area (Å²) in [5, 5.41) is 6.04. The number of pyridine rings is 1. The van der Waals surface area contributed by atoms with E-state index in [4.69, 9.17) is 0 Å². The molecule has 2 N–H and O–H groups in total. The Hall–Kier alpha value is -2.11. The molecule has 5 nitrogen and oxygen atoms in total. The van der Waals surface area contributed by atoms with Crippen LogP contribution in [0.2, 0.25) is 0 Å². The van der Waals surface area contributed by atoms with Crippen LogP contribution in [-0.2, 0) is 17.9 Å². The lowest BCUT2D eigenvalue weighted by molar-refractivity contribution is -0.116. The molecular weight excluding hydrogens is 302 g/mol. The van der Waals surface area contributed by atoms with Crippen molar-refractivity contribution >= 4 is 24.0 Å². The van der Waals surface area contributed by atoms with Crippen LogP contribution in [0.1, 0.15) is 12.5 Å². The zero-order chi connectivity index (χ0) is 15.1. The summed E-state index contributed by atoms with van der Waals surface area (Å²) in [6.45, 7) is 3.71. The Balaban J connectivity index is 0.00000242. The molecule has 6 heteroatoms. The number of benzene rings is 1. The summed E-state index contributed by atoms with van der Waals surface area (Å²) in [6, 6.07) is 12.5. The molecule has 22 heavy (non-hydrogen) atoms. The first-order valence-corrected chi connectivity index (χ1v) is 6.94. The lowest BCUT2D eigenvalue weighted by Gasteiger charge is -2.09. The van der Waals surface area contributed by atoms with Gasteiger partial charge in [-0.2, -0.15) is 0 Å². The van der Waals surface area contributed by atoms with E-state index in [0.717, 1.165) is 24.3 Å². The van der Waals surface area contributed by atoms with Gasteiger partial charge in [0.1, 0.15) is 6.54 Å². The lowest BCUT2D eigenvalue weighted by atomic mass is 10.2. The first-order valence-electron chi connectivity index (χ1n) is 6.94. The van der Waals surface area contributed by atoms with E-state index in [9.17, 15) is 9.59 Å². The highest BCUT2D eigenvalue weighted by Crippen LogP contribution is 2.10. The maximum Gasteiger partial charge on any atom is 0.250 e. The van der Waals surface area contributed by atoms with E-state index in [-0.39, 0.29) is 30.4 Å². The van der Waals surface area contributed by atoms with Crippen LogP contribution < -0.4 is 16.2 Å². The number of aromatic nitrogens is 1. The van der Waals surface area contributed by atoms with Crippen molar-refractivity contribution in [2.45, 2.75) is 20.0 Å². The van der Waals surface area contributed by atoms with Gasteiger partial charge in [-0.25, -0.2) is 0 Å². The van der Waals surface area contributed by atoms with Gasteiger partial charge in [-0.1, -0.05) is 25.1 Å². The summed E-state index contributed by atoms with van der Waals surface area (Å²) in [5.74, 6) is -0.219. The third kappa shape index (κ3) is 5.35. The Morgan fingerprint density at radius 3 is 2.73 bits per heavy atom. The third-order valence-electron chi connectivity index (χ3n) is 3.00. The van der Waals surface area contributed by atoms with Gasteiger partial charge >= 0.3 is 0 Å². The summed E-state index contributed by atoms with van der Waals surface area (Å²) in [6.07, 6.45) is 1.60. The number of halogens is 1. The van der Waals surface area contributed by atoms with E-state index in [0.29, 0.717) is 0 Å². The molecule has 0 aliphatic rings. The lowest BCUT2D eigenvalue weighted by Crippen LogP contribution is -2.26. The normalized spacial score (nSPS) is 9.86. The number of carbonyl (C=O) groups excluding carboxylic acids is 1. The molecule has 2 rings (SSSR count). The van der Waals surface area contributed by atoms with Crippen molar-refractivity contribution in [3.05, 3.63) is 64.6 Å². The van der Waals surface area contributed by atoms with Crippen molar-refractivity contribution in [3.63, 3.8) is 0 Å². The Bertz CT molecular complexity index is 670. The Labute approximate surface area is 135 Å². The van der Waals surface area contributed by atoms with Crippen LogP contribution in [-0.4, -0.2) is 17.0 Å². The van der Waals surface area contributed by atoms with Gasteiger partial charge in [0, 0.05) is 24.5 Å². The molecule has 1 aromatic carbocycles. The molecule has 0 saturated carbocycles. The van der Waals surface area contributed by atoms with Crippen molar-refractivity contribution in [2.24, 2.45) is 0 Å². The van der Waals surface area contributed by atoms with Crippen molar-refractivity contribution in [2.75, 3.05) is 11.9 Å². The minimum Gasteiger partial charge on any atom is -0.325 e. The van der Waals surface area contributed by atoms with Crippen molar-refractivity contribution in [3.8, 4) is 0 Å². The molecule has 0 aliphatic heterocycles. The Kier molecular flexibility index (Phi) is 7.36. The Morgan fingerprint density at radius 1 is 1.18 bits per heavy atom. The molecule has 1 amide bonds. The summed E-state index contributed by atoms with van der Waals surface area (Å²) in [7, 11) is 0. The topological polar surface area (TPSA) is 63.1 Å². The van der Waals surface area contributed by atoms with E-state index in [1.807, 2.05) is 31.2 Å². The fourth-order valence-corrected chi connectivity index (χ4v) is 1.97. The molecule has 0 unspecified atom stereocenters. The summed E-state index contributed by atoms with van der Waals surface area (Å²) in [5.41, 5.74) is 1.65. The number of hydrogen-bond donors (Lipinski definition) is 2. The average molecular weight is 322 g/mol. The number of nitrogens with one attached hydrogen (secondary N) is 2. The molecule has 0 fully saturated rings. The van der Waals surface area contributed by atoms with E-state index >= 15 is 0 Å². The molecule has 0 aliphatic carbocycles. The second-order valence-corrected chi connectivity index (χ2v) is 4.70. The molecule has 0 spiro atoms. The zero-order valence-corrected chi connectivity index (χ0v) is 13.2. The van der Waals surface area contributed by atoms with Crippen LogP contribution >= 0.6 is 12.4 Å². The van der Waals surface area contributed by atoms with Gasteiger partial charge in [-0.15, -0.1) is 12.4 Å². The molecule has 0 radical (unpaired) electrons. The molecule has 2 aromatic rings. The predicted molar refractivity (Wildman–Crippen MR) is 90.4 cm³/mol. The van der Waals surface area contributed by atoms with Crippen LogP contribution in [0.3, 0.4) is 0 Å². The monoisotopic (exact) mass is 321 g/mol. The average Bonchev–Trinajstić information content (AvgIpc) is 2.48. The maximum absolute atomic E-state index is 12.0. The maximum atomic E-state index is 12.0. The van der Waals surface area contributed by atoms with Crippen LogP contribution in [0.15, 0.2) is 53.5 Å². The van der Waals surface area contributed by atoms with Crippen molar-refractivity contribution < 1.29 is 4.79 Å². The SMILES string of the molecule is CCNCc1cccc(NC(=O)Cn2ccccc2=O)c1.Cl. The minimum absolute atomic E-state index is 0. The largest absolute Gasteiger partial charge is 0.325 e. The third-order valence-corrected chi connectivity index (χ3v) is 3.00. The molecule has 1 heterocycles. The highest BCUT2D eigenvalue weighted by atomic mass is 35.5. The van der Waals surface area contributed by atoms with E-state index in [2.05, 4.69) is 10.6 Å².